The summed E-state index contributed by atoms with van der Waals surface area (Å²) in [6.45, 7) is 1.86. The highest BCUT2D eigenvalue weighted by atomic mass is 16.5. The lowest BCUT2D eigenvalue weighted by atomic mass is 10.2. The van der Waals surface area contributed by atoms with E-state index in [2.05, 4.69) is 15.3 Å². The van der Waals surface area contributed by atoms with E-state index in [4.69, 9.17) is 9.47 Å². The number of ether oxygens (including phenoxy) is 2. The molecule has 146 valence electrons. The van der Waals surface area contributed by atoms with Gasteiger partial charge in [-0.3, -0.25) is 4.79 Å². The van der Waals surface area contributed by atoms with E-state index in [-0.39, 0.29) is 12.5 Å². The number of para-hydroxylation sites is 2. The van der Waals surface area contributed by atoms with E-state index in [0.717, 1.165) is 33.7 Å². The summed E-state index contributed by atoms with van der Waals surface area (Å²) in [7, 11) is 1.57. The van der Waals surface area contributed by atoms with Crippen LogP contribution in [0.5, 0.6) is 11.5 Å². The van der Waals surface area contributed by atoms with Crippen molar-refractivity contribution in [2.45, 2.75) is 6.92 Å². The zero-order valence-electron chi connectivity index (χ0n) is 16.2. The fraction of sp³-hybridized carbons (Fsp3) is 0.130. The molecule has 0 bridgehead atoms. The van der Waals surface area contributed by atoms with Gasteiger partial charge < -0.3 is 19.8 Å². The SMILES string of the molecule is COc1cc(-c2nc3ccccc3[nH]2)ccc1OCC(=O)Nc1cccc(C)c1. The molecule has 1 aromatic heterocycles. The van der Waals surface area contributed by atoms with Crippen LogP contribution in [0.25, 0.3) is 22.4 Å². The third kappa shape index (κ3) is 4.21. The number of methoxy groups -OCH3 is 1. The van der Waals surface area contributed by atoms with Crippen LogP contribution in [0.2, 0.25) is 0 Å². The second-order valence-corrected chi connectivity index (χ2v) is 6.67. The van der Waals surface area contributed by atoms with Gasteiger partial charge in [0.2, 0.25) is 0 Å². The standard InChI is InChI=1S/C23H21N3O3/c1-15-6-5-7-17(12-15)24-22(27)14-29-20-11-10-16(13-21(20)28-2)23-25-18-8-3-4-9-19(18)26-23/h3-13H,14H2,1-2H3,(H,24,27)(H,25,26). The molecule has 0 saturated carbocycles. The highest BCUT2D eigenvalue weighted by molar-refractivity contribution is 5.92. The van der Waals surface area contributed by atoms with Gasteiger partial charge in [0.15, 0.2) is 18.1 Å². The van der Waals surface area contributed by atoms with Crippen LogP contribution >= 0.6 is 0 Å². The van der Waals surface area contributed by atoms with Gasteiger partial charge in [0, 0.05) is 11.3 Å². The molecule has 0 aliphatic carbocycles. The highest BCUT2D eigenvalue weighted by Crippen LogP contribution is 2.32. The average molecular weight is 387 g/mol. The first kappa shape index (κ1) is 18.6. The number of nitrogens with one attached hydrogen (secondary N) is 2. The quantitative estimate of drug-likeness (QED) is 0.508. The second-order valence-electron chi connectivity index (χ2n) is 6.67. The zero-order valence-corrected chi connectivity index (χ0v) is 16.2. The van der Waals surface area contributed by atoms with Crippen molar-refractivity contribution in [3.8, 4) is 22.9 Å². The van der Waals surface area contributed by atoms with Gasteiger partial charge in [-0.15, -0.1) is 0 Å². The molecule has 0 aliphatic heterocycles. The number of aryl methyl sites for hydroxylation is 1. The molecule has 29 heavy (non-hydrogen) atoms. The number of aromatic amines is 1. The Kier molecular flexibility index (Phi) is 5.16. The van der Waals surface area contributed by atoms with Crippen LogP contribution < -0.4 is 14.8 Å². The van der Waals surface area contributed by atoms with Crippen LogP contribution in [0.1, 0.15) is 5.56 Å². The second kappa shape index (κ2) is 8.06. The lowest BCUT2D eigenvalue weighted by Gasteiger charge is -2.12. The van der Waals surface area contributed by atoms with Crippen molar-refractivity contribution < 1.29 is 14.3 Å². The van der Waals surface area contributed by atoms with Gasteiger partial charge in [0.1, 0.15) is 5.82 Å². The van der Waals surface area contributed by atoms with E-state index in [9.17, 15) is 4.79 Å². The minimum Gasteiger partial charge on any atom is -0.493 e. The number of hydrogen-bond donors (Lipinski definition) is 2. The number of rotatable bonds is 6. The lowest BCUT2D eigenvalue weighted by molar-refractivity contribution is -0.118. The number of carbonyl (C=O) groups is 1. The molecule has 3 aromatic carbocycles. The van der Waals surface area contributed by atoms with Crippen LogP contribution in [0, 0.1) is 6.92 Å². The zero-order chi connectivity index (χ0) is 20.2. The van der Waals surface area contributed by atoms with Crippen LogP contribution in [-0.4, -0.2) is 29.6 Å². The molecule has 1 amide bonds. The average Bonchev–Trinajstić information content (AvgIpc) is 3.16. The number of nitrogens with zero attached hydrogens (tertiary/aromatic N) is 1. The summed E-state index contributed by atoms with van der Waals surface area (Å²) in [5.41, 5.74) is 4.55. The van der Waals surface area contributed by atoms with Crippen molar-refractivity contribution >= 4 is 22.6 Å². The van der Waals surface area contributed by atoms with E-state index < -0.39 is 0 Å². The van der Waals surface area contributed by atoms with Crippen molar-refractivity contribution in [1.29, 1.82) is 0 Å². The fourth-order valence-corrected chi connectivity index (χ4v) is 3.09. The maximum Gasteiger partial charge on any atom is 0.262 e. The third-order valence-electron chi connectivity index (χ3n) is 4.49. The first-order valence-corrected chi connectivity index (χ1v) is 9.25. The molecule has 0 atom stereocenters. The number of aromatic nitrogens is 2. The Morgan fingerprint density at radius 3 is 2.69 bits per heavy atom. The molecule has 0 radical (unpaired) electrons. The molecule has 4 rings (SSSR count). The monoisotopic (exact) mass is 387 g/mol. The molecule has 4 aromatic rings. The van der Waals surface area contributed by atoms with E-state index in [1.165, 1.54) is 0 Å². The van der Waals surface area contributed by atoms with Gasteiger partial charge >= 0.3 is 0 Å². The number of benzene rings is 3. The molecule has 1 heterocycles. The molecule has 0 spiro atoms. The summed E-state index contributed by atoms with van der Waals surface area (Å²) in [5.74, 6) is 1.53. The lowest BCUT2D eigenvalue weighted by Crippen LogP contribution is -2.20. The Labute approximate surface area is 168 Å². The van der Waals surface area contributed by atoms with Gasteiger partial charge in [-0.05, 0) is 55.0 Å². The number of amides is 1. The van der Waals surface area contributed by atoms with Crippen molar-refractivity contribution in [2.75, 3.05) is 19.0 Å². The van der Waals surface area contributed by atoms with Crippen LogP contribution in [-0.2, 0) is 4.79 Å². The number of carbonyl (C=O) groups excluding carboxylic acids is 1. The topological polar surface area (TPSA) is 76.2 Å². The normalized spacial score (nSPS) is 10.7. The molecule has 0 fully saturated rings. The maximum absolute atomic E-state index is 12.2. The molecule has 6 nitrogen and oxygen atoms in total. The van der Waals surface area contributed by atoms with Crippen molar-refractivity contribution in [1.82, 2.24) is 9.97 Å². The molecule has 2 N–H and O–H groups in total. The van der Waals surface area contributed by atoms with E-state index in [1.54, 1.807) is 13.2 Å². The van der Waals surface area contributed by atoms with Gasteiger partial charge in [-0.2, -0.15) is 0 Å². The predicted molar refractivity (Wildman–Crippen MR) is 113 cm³/mol. The Bertz CT molecular complexity index is 1130. The molecule has 0 aliphatic rings. The number of H-pyrrole nitrogens is 1. The maximum atomic E-state index is 12.2. The molecular formula is C23H21N3O3. The summed E-state index contributed by atoms with van der Waals surface area (Å²) in [6.07, 6.45) is 0. The first-order valence-electron chi connectivity index (χ1n) is 9.25. The largest absolute Gasteiger partial charge is 0.493 e. The van der Waals surface area contributed by atoms with Gasteiger partial charge in [-0.25, -0.2) is 4.98 Å². The third-order valence-corrected chi connectivity index (χ3v) is 4.49. The molecule has 6 heteroatoms. The summed E-state index contributed by atoms with van der Waals surface area (Å²) < 4.78 is 11.1. The first-order chi connectivity index (χ1) is 14.1. The van der Waals surface area contributed by atoms with Crippen molar-refractivity contribution in [3.05, 3.63) is 72.3 Å². The molecule has 0 unspecified atom stereocenters. The van der Waals surface area contributed by atoms with Crippen LogP contribution in [0.15, 0.2) is 66.7 Å². The summed E-state index contributed by atoms with van der Waals surface area (Å²) in [5, 5.41) is 2.82. The Balaban J connectivity index is 1.47. The number of hydrogen-bond acceptors (Lipinski definition) is 4. The Morgan fingerprint density at radius 1 is 1.03 bits per heavy atom. The molecular weight excluding hydrogens is 366 g/mol. The minimum absolute atomic E-state index is 0.117. The van der Waals surface area contributed by atoms with Gasteiger partial charge in [0.25, 0.3) is 5.91 Å². The smallest absolute Gasteiger partial charge is 0.262 e. The highest BCUT2D eigenvalue weighted by Gasteiger charge is 2.12. The minimum atomic E-state index is -0.237. The summed E-state index contributed by atoms with van der Waals surface area (Å²) in [4.78, 5) is 20.1. The number of imidazole rings is 1. The van der Waals surface area contributed by atoms with Gasteiger partial charge in [0.05, 0.1) is 18.1 Å². The Morgan fingerprint density at radius 2 is 1.90 bits per heavy atom. The number of fused-ring (bicyclic) bond motifs is 1. The van der Waals surface area contributed by atoms with E-state index in [0.29, 0.717) is 11.5 Å². The predicted octanol–water partition coefficient (Wildman–Crippen LogP) is 4.56. The van der Waals surface area contributed by atoms with Gasteiger partial charge in [-0.1, -0.05) is 24.3 Å². The summed E-state index contributed by atoms with van der Waals surface area (Å²) in [6, 6.07) is 21.0. The van der Waals surface area contributed by atoms with Crippen molar-refractivity contribution in [3.63, 3.8) is 0 Å². The Hall–Kier alpha value is -3.80. The molecule has 0 saturated heterocycles. The van der Waals surface area contributed by atoms with Crippen LogP contribution in [0.4, 0.5) is 5.69 Å². The number of anilines is 1. The fourth-order valence-electron chi connectivity index (χ4n) is 3.09. The van der Waals surface area contributed by atoms with E-state index in [1.807, 2.05) is 67.6 Å². The van der Waals surface area contributed by atoms with Crippen molar-refractivity contribution in [2.24, 2.45) is 0 Å². The van der Waals surface area contributed by atoms with E-state index >= 15 is 0 Å². The van der Waals surface area contributed by atoms with Crippen LogP contribution in [0.3, 0.4) is 0 Å². The summed E-state index contributed by atoms with van der Waals surface area (Å²) >= 11 is 0.